The van der Waals surface area contributed by atoms with Gasteiger partial charge in [0.1, 0.15) is 5.01 Å². The lowest BCUT2D eigenvalue weighted by Gasteiger charge is -2.11. The predicted molar refractivity (Wildman–Crippen MR) is 87.4 cm³/mol. The summed E-state index contributed by atoms with van der Waals surface area (Å²) in [5.74, 6) is -1.22. The Morgan fingerprint density at radius 2 is 2.33 bits per heavy atom. The van der Waals surface area contributed by atoms with Crippen molar-refractivity contribution in [1.82, 2.24) is 14.6 Å². The molecule has 0 aromatic carbocycles. The molecule has 1 atom stereocenters. The fourth-order valence-corrected chi connectivity index (χ4v) is 3.54. The average molecular weight is 343 g/mol. The van der Waals surface area contributed by atoms with E-state index in [4.69, 9.17) is 17.0 Å². The Hall–Kier alpha value is -1.32. The fourth-order valence-electron chi connectivity index (χ4n) is 1.69. The van der Waals surface area contributed by atoms with E-state index in [0.717, 1.165) is 0 Å². The van der Waals surface area contributed by atoms with E-state index in [0.29, 0.717) is 19.9 Å². The third-order valence-electron chi connectivity index (χ3n) is 2.59. The summed E-state index contributed by atoms with van der Waals surface area (Å²) in [5.41, 5.74) is 0.327. The highest BCUT2D eigenvalue weighted by atomic mass is 32.2. The van der Waals surface area contributed by atoms with Gasteiger partial charge in [-0.05, 0) is 20.1 Å². The molecule has 0 aliphatic heterocycles. The smallest absolute Gasteiger partial charge is 0.321 e. The quantitative estimate of drug-likeness (QED) is 0.619. The van der Waals surface area contributed by atoms with Crippen LogP contribution in [0.1, 0.15) is 23.5 Å². The van der Waals surface area contributed by atoms with E-state index in [2.05, 4.69) is 10.1 Å². The van der Waals surface area contributed by atoms with Gasteiger partial charge in [0.15, 0.2) is 5.92 Å². The van der Waals surface area contributed by atoms with Crippen LogP contribution in [0.2, 0.25) is 0 Å². The molecule has 0 N–H and O–H groups in total. The van der Waals surface area contributed by atoms with Crippen LogP contribution in [0.4, 0.5) is 0 Å². The molecule has 0 aliphatic rings. The van der Waals surface area contributed by atoms with Crippen molar-refractivity contribution >= 4 is 50.4 Å². The van der Waals surface area contributed by atoms with Gasteiger partial charge in [0.25, 0.3) is 5.56 Å². The van der Waals surface area contributed by atoms with Crippen LogP contribution in [-0.4, -0.2) is 37.6 Å². The van der Waals surface area contributed by atoms with Crippen LogP contribution in [0, 0.1) is 6.92 Å². The van der Waals surface area contributed by atoms with Crippen molar-refractivity contribution in [3.8, 4) is 0 Å². The van der Waals surface area contributed by atoms with Gasteiger partial charge in [-0.25, -0.2) is 4.98 Å². The van der Waals surface area contributed by atoms with Gasteiger partial charge in [-0.2, -0.15) is 9.61 Å². The van der Waals surface area contributed by atoms with Crippen molar-refractivity contribution in [2.45, 2.75) is 19.8 Å². The zero-order chi connectivity index (χ0) is 15.6. The summed E-state index contributed by atoms with van der Waals surface area (Å²) >= 11 is 7.69. The number of thioether (sulfide) groups is 1. The molecule has 6 nitrogen and oxygen atoms in total. The number of hydrogen-bond acceptors (Lipinski definition) is 8. The van der Waals surface area contributed by atoms with E-state index < -0.39 is 11.9 Å². The maximum Gasteiger partial charge on any atom is 0.321 e. The zero-order valence-electron chi connectivity index (χ0n) is 11.7. The maximum absolute atomic E-state index is 12.1. The number of carbonyl (C=O) groups is 1. The van der Waals surface area contributed by atoms with Crippen LogP contribution >= 0.6 is 35.3 Å². The largest absolute Gasteiger partial charge is 0.465 e. The van der Waals surface area contributed by atoms with Gasteiger partial charge in [0.2, 0.25) is 4.96 Å². The number of nitrogens with zero attached hydrogens (tertiary/aromatic N) is 3. The number of rotatable bonds is 4. The van der Waals surface area contributed by atoms with Crippen molar-refractivity contribution < 1.29 is 9.53 Å². The fraction of sp³-hybridized carbons (Fsp3) is 0.417. The number of aromatic nitrogens is 3. The minimum atomic E-state index is -0.763. The minimum absolute atomic E-state index is 0.258. The van der Waals surface area contributed by atoms with E-state index in [1.165, 1.54) is 33.7 Å². The molecule has 112 valence electrons. The van der Waals surface area contributed by atoms with Crippen molar-refractivity contribution in [2.24, 2.45) is 0 Å². The molecule has 0 aliphatic carbocycles. The van der Waals surface area contributed by atoms with Gasteiger partial charge in [-0.3, -0.25) is 9.59 Å². The van der Waals surface area contributed by atoms with Crippen LogP contribution in [0.3, 0.4) is 0 Å². The molecular formula is C12H13N3O3S3. The highest BCUT2D eigenvalue weighted by molar-refractivity contribution is 8.22. The highest BCUT2D eigenvalue weighted by Gasteiger charge is 2.30. The summed E-state index contributed by atoms with van der Waals surface area (Å²) in [6.45, 7) is 3.72. The summed E-state index contributed by atoms with van der Waals surface area (Å²) < 4.78 is 6.69. The number of esters is 1. The first-order valence-electron chi connectivity index (χ1n) is 6.09. The lowest BCUT2D eigenvalue weighted by molar-refractivity contribution is -0.143. The molecule has 0 unspecified atom stereocenters. The Balaban J connectivity index is 2.55. The number of ether oxygens (including phenoxy) is 1. The van der Waals surface area contributed by atoms with Crippen molar-refractivity contribution in [3.05, 3.63) is 27.1 Å². The summed E-state index contributed by atoms with van der Waals surface area (Å²) in [4.78, 5) is 28.7. The van der Waals surface area contributed by atoms with Crippen LogP contribution < -0.4 is 5.56 Å². The Bertz CT molecular complexity index is 753. The van der Waals surface area contributed by atoms with E-state index in [9.17, 15) is 9.59 Å². The van der Waals surface area contributed by atoms with Crippen molar-refractivity contribution in [2.75, 3.05) is 12.9 Å². The van der Waals surface area contributed by atoms with Gasteiger partial charge in [0, 0.05) is 11.8 Å². The molecule has 2 rings (SSSR count). The van der Waals surface area contributed by atoms with E-state index in [1.807, 2.05) is 0 Å². The summed E-state index contributed by atoms with van der Waals surface area (Å²) in [6, 6.07) is 1.39. The second-order valence-electron chi connectivity index (χ2n) is 4.08. The van der Waals surface area contributed by atoms with Crippen LogP contribution in [0.5, 0.6) is 0 Å². The Morgan fingerprint density at radius 1 is 1.62 bits per heavy atom. The maximum atomic E-state index is 12.1. The Kier molecular flexibility index (Phi) is 5.07. The number of thiocarbonyl (C=S) groups is 1. The van der Waals surface area contributed by atoms with Gasteiger partial charge < -0.3 is 4.74 Å². The Morgan fingerprint density at radius 3 is 2.95 bits per heavy atom. The number of carbonyl (C=O) groups excluding carboxylic acids is 1. The first-order chi connectivity index (χ1) is 9.97. The molecular weight excluding hydrogens is 330 g/mol. The van der Waals surface area contributed by atoms with E-state index in [-0.39, 0.29) is 12.2 Å². The monoisotopic (exact) mass is 343 g/mol. The summed E-state index contributed by atoms with van der Waals surface area (Å²) in [5, 5.41) is 4.60. The van der Waals surface area contributed by atoms with Crippen LogP contribution in [0.15, 0.2) is 10.9 Å². The minimum Gasteiger partial charge on any atom is -0.465 e. The molecule has 0 bridgehead atoms. The molecule has 2 aromatic rings. The topological polar surface area (TPSA) is 73.6 Å². The normalized spacial score (nSPS) is 12.3. The zero-order valence-corrected chi connectivity index (χ0v) is 14.1. The molecule has 21 heavy (non-hydrogen) atoms. The summed E-state index contributed by atoms with van der Waals surface area (Å²) in [6.07, 6.45) is 1.79. The molecule has 0 saturated carbocycles. The highest BCUT2D eigenvalue weighted by Crippen LogP contribution is 2.27. The van der Waals surface area contributed by atoms with Crippen molar-refractivity contribution in [1.29, 1.82) is 0 Å². The molecule has 2 aromatic heterocycles. The predicted octanol–water partition coefficient (Wildman–Crippen LogP) is 1.80. The second-order valence-corrected chi connectivity index (χ2v) is 6.61. The SMILES string of the molecule is CCOC(=O)[C@H](C(=S)SC)c1nn2c(=O)cc(C)nc2s1. The van der Waals surface area contributed by atoms with Crippen molar-refractivity contribution in [3.63, 3.8) is 0 Å². The van der Waals surface area contributed by atoms with E-state index >= 15 is 0 Å². The second kappa shape index (κ2) is 6.63. The molecule has 0 fully saturated rings. The molecule has 2 heterocycles. The van der Waals surface area contributed by atoms with Gasteiger partial charge in [0.05, 0.1) is 10.8 Å². The standard InChI is InChI=1S/C12H13N3O3S3/c1-4-18-10(17)8(11(19)20-3)9-14-15-7(16)5-6(2)13-12(15)21-9/h5,8H,4H2,1-3H3/t8-/m1/s1. The van der Waals surface area contributed by atoms with Crippen LogP contribution in [-0.2, 0) is 9.53 Å². The lowest BCUT2D eigenvalue weighted by atomic mass is 10.2. The molecule has 0 amide bonds. The van der Waals surface area contributed by atoms with Gasteiger partial charge >= 0.3 is 5.97 Å². The number of hydrogen-bond donors (Lipinski definition) is 0. The summed E-state index contributed by atoms with van der Waals surface area (Å²) in [7, 11) is 0. The molecule has 0 saturated heterocycles. The third-order valence-corrected chi connectivity index (χ3v) is 4.94. The lowest BCUT2D eigenvalue weighted by Crippen LogP contribution is -2.22. The number of fused-ring (bicyclic) bond motifs is 1. The first kappa shape index (κ1) is 16.1. The molecule has 9 heteroatoms. The third kappa shape index (κ3) is 3.30. The first-order valence-corrected chi connectivity index (χ1v) is 8.54. The molecule has 0 spiro atoms. The van der Waals surface area contributed by atoms with Gasteiger partial charge in [-0.15, -0.1) is 11.8 Å². The van der Waals surface area contributed by atoms with Gasteiger partial charge in [-0.1, -0.05) is 23.6 Å². The van der Waals surface area contributed by atoms with E-state index in [1.54, 1.807) is 20.1 Å². The Labute approximate surface area is 134 Å². The number of aryl methyl sites for hydroxylation is 1. The average Bonchev–Trinajstić information content (AvgIpc) is 2.82. The van der Waals surface area contributed by atoms with Crippen LogP contribution in [0.25, 0.3) is 4.96 Å². The molecule has 0 radical (unpaired) electrons.